The van der Waals surface area contributed by atoms with Gasteiger partial charge in [0, 0.05) is 11.6 Å². The number of carbonyl (C=O) groups excluding carboxylic acids is 1. The van der Waals surface area contributed by atoms with Gasteiger partial charge in [-0.1, -0.05) is 41.9 Å². The van der Waals surface area contributed by atoms with E-state index in [0.29, 0.717) is 11.9 Å². The van der Waals surface area contributed by atoms with E-state index >= 15 is 0 Å². The first-order valence-corrected chi connectivity index (χ1v) is 8.33. The van der Waals surface area contributed by atoms with Gasteiger partial charge in [-0.25, -0.2) is 4.39 Å². The number of nitrogens with one attached hydrogen (secondary N) is 2. The molecule has 0 aliphatic rings. The topological polar surface area (TPSA) is 82.2 Å². The lowest BCUT2D eigenvalue weighted by Crippen LogP contribution is -2.40. The number of aliphatic hydroxyl groups excluding tert-OH is 1. The number of aromatic amines is 1. The first-order valence-electron chi connectivity index (χ1n) is 7.95. The van der Waals surface area contributed by atoms with Crippen molar-refractivity contribution in [1.82, 2.24) is 10.3 Å². The maximum absolute atomic E-state index is 13.7. The van der Waals surface area contributed by atoms with Crippen LogP contribution in [0, 0.1) is 5.82 Å². The molecule has 0 spiro atoms. The van der Waals surface area contributed by atoms with Crippen molar-refractivity contribution in [1.29, 1.82) is 0 Å². The molecule has 3 rings (SSSR count). The molecule has 134 valence electrons. The van der Waals surface area contributed by atoms with Crippen molar-refractivity contribution in [2.45, 2.75) is 12.5 Å². The fraction of sp³-hybridized carbons (Fsp3) is 0.158. The third-order valence-corrected chi connectivity index (χ3v) is 4.34. The van der Waals surface area contributed by atoms with Gasteiger partial charge >= 0.3 is 0 Å². The maximum atomic E-state index is 13.7. The highest BCUT2D eigenvalue weighted by atomic mass is 35.5. The van der Waals surface area contributed by atoms with Gasteiger partial charge in [0.1, 0.15) is 11.4 Å². The van der Waals surface area contributed by atoms with Crippen LogP contribution in [0.4, 0.5) is 4.39 Å². The van der Waals surface area contributed by atoms with Gasteiger partial charge in [0.05, 0.1) is 23.2 Å². The minimum Gasteiger partial charge on any atom is -0.394 e. The molecule has 0 fully saturated rings. The van der Waals surface area contributed by atoms with Gasteiger partial charge in [0.15, 0.2) is 0 Å². The summed E-state index contributed by atoms with van der Waals surface area (Å²) in [7, 11) is 0. The van der Waals surface area contributed by atoms with E-state index in [9.17, 15) is 19.1 Å². The highest BCUT2D eigenvalue weighted by molar-refractivity contribution is 6.31. The second kappa shape index (κ2) is 7.68. The molecule has 0 aliphatic carbocycles. The summed E-state index contributed by atoms with van der Waals surface area (Å²) < 4.78 is 13.7. The van der Waals surface area contributed by atoms with Gasteiger partial charge < -0.3 is 15.4 Å². The highest BCUT2D eigenvalue weighted by Crippen LogP contribution is 2.19. The Bertz CT molecular complexity index is 1000. The first kappa shape index (κ1) is 18.1. The predicted molar refractivity (Wildman–Crippen MR) is 98.0 cm³/mol. The number of fused-ring (bicyclic) bond motifs is 1. The van der Waals surface area contributed by atoms with Crippen LogP contribution in [0.25, 0.3) is 10.9 Å². The number of carbonyl (C=O) groups is 1. The Kier molecular flexibility index (Phi) is 5.35. The van der Waals surface area contributed by atoms with Crippen molar-refractivity contribution < 1.29 is 14.3 Å². The van der Waals surface area contributed by atoms with Crippen molar-refractivity contribution >= 4 is 28.4 Å². The van der Waals surface area contributed by atoms with E-state index in [1.54, 1.807) is 0 Å². The number of amides is 1. The molecule has 1 unspecified atom stereocenters. The lowest BCUT2D eigenvalue weighted by Gasteiger charge is -2.16. The predicted octanol–water partition coefficient (Wildman–Crippen LogP) is 2.65. The quantitative estimate of drug-likeness (QED) is 0.642. The van der Waals surface area contributed by atoms with E-state index in [4.69, 9.17) is 11.6 Å². The van der Waals surface area contributed by atoms with Gasteiger partial charge in [-0.2, -0.15) is 0 Å². The van der Waals surface area contributed by atoms with Gasteiger partial charge in [-0.15, -0.1) is 0 Å². The minimum atomic E-state index is -0.737. The fourth-order valence-electron chi connectivity index (χ4n) is 2.71. The summed E-state index contributed by atoms with van der Waals surface area (Å²) in [5.41, 5.74) is 0.505. The maximum Gasteiger partial charge on any atom is 0.257 e. The molecular weight excluding hydrogens is 359 g/mol. The Hall–Kier alpha value is -2.70. The number of rotatable bonds is 5. The molecular formula is C19H16ClFN2O3. The van der Waals surface area contributed by atoms with Crippen LogP contribution in [0.3, 0.4) is 0 Å². The molecule has 0 saturated heterocycles. The highest BCUT2D eigenvalue weighted by Gasteiger charge is 2.18. The molecule has 0 bridgehead atoms. The van der Waals surface area contributed by atoms with Gasteiger partial charge in [-0.05, 0) is 24.1 Å². The van der Waals surface area contributed by atoms with Crippen LogP contribution in [0.2, 0.25) is 5.02 Å². The Morgan fingerprint density at radius 2 is 2.00 bits per heavy atom. The van der Waals surface area contributed by atoms with Crippen molar-refractivity contribution in [3.8, 4) is 0 Å². The zero-order valence-corrected chi connectivity index (χ0v) is 14.4. The minimum absolute atomic E-state index is 0.0307. The van der Waals surface area contributed by atoms with Crippen LogP contribution in [0.15, 0.2) is 53.5 Å². The second-order valence-corrected chi connectivity index (χ2v) is 6.29. The molecule has 3 aromatic rings. The van der Waals surface area contributed by atoms with Crippen LogP contribution in [0.1, 0.15) is 15.9 Å². The number of benzene rings is 2. The Morgan fingerprint density at radius 3 is 2.69 bits per heavy atom. The number of pyridine rings is 1. The monoisotopic (exact) mass is 374 g/mol. The van der Waals surface area contributed by atoms with Crippen LogP contribution in [-0.4, -0.2) is 28.6 Å². The summed E-state index contributed by atoms with van der Waals surface area (Å²) in [5, 5.41) is 12.1. The second-order valence-electron chi connectivity index (χ2n) is 5.89. The molecule has 0 radical (unpaired) electrons. The van der Waals surface area contributed by atoms with Gasteiger partial charge in [0.25, 0.3) is 5.91 Å². The summed E-state index contributed by atoms with van der Waals surface area (Å²) >= 11 is 5.70. The van der Waals surface area contributed by atoms with Gasteiger partial charge in [0.2, 0.25) is 5.43 Å². The summed E-state index contributed by atoms with van der Waals surface area (Å²) in [6.45, 7) is -0.281. The summed E-state index contributed by atoms with van der Waals surface area (Å²) in [6, 6.07) is 11.1. The number of aliphatic hydroxyl groups is 1. The van der Waals surface area contributed by atoms with E-state index in [1.165, 1.54) is 12.3 Å². The van der Waals surface area contributed by atoms with E-state index in [-0.39, 0.29) is 22.6 Å². The molecule has 1 heterocycles. The average Bonchev–Trinajstić information content (AvgIpc) is 2.64. The van der Waals surface area contributed by atoms with E-state index < -0.39 is 23.2 Å². The number of H-pyrrole nitrogens is 1. The Morgan fingerprint density at radius 1 is 1.27 bits per heavy atom. The van der Waals surface area contributed by atoms with Crippen molar-refractivity contribution in [2.24, 2.45) is 0 Å². The smallest absolute Gasteiger partial charge is 0.257 e. The van der Waals surface area contributed by atoms with Crippen LogP contribution in [0.5, 0.6) is 0 Å². The molecule has 2 aromatic carbocycles. The number of aromatic nitrogens is 1. The van der Waals surface area contributed by atoms with E-state index in [1.807, 2.05) is 30.3 Å². The molecule has 0 aliphatic heterocycles. The normalized spacial score (nSPS) is 12.1. The molecule has 0 saturated carbocycles. The molecule has 1 amide bonds. The first-order chi connectivity index (χ1) is 12.5. The van der Waals surface area contributed by atoms with Crippen molar-refractivity contribution in [3.05, 3.63) is 80.9 Å². The average molecular weight is 375 g/mol. The van der Waals surface area contributed by atoms with Gasteiger partial charge in [-0.3, -0.25) is 9.59 Å². The largest absolute Gasteiger partial charge is 0.394 e. The number of hydrogen-bond donors (Lipinski definition) is 3. The van der Waals surface area contributed by atoms with E-state index in [0.717, 1.165) is 11.6 Å². The lowest BCUT2D eigenvalue weighted by atomic mass is 10.1. The number of halogens is 2. The molecule has 1 aromatic heterocycles. The fourth-order valence-corrected chi connectivity index (χ4v) is 2.87. The zero-order valence-electron chi connectivity index (χ0n) is 13.6. The van der Waals surface area contributed by atoms with Crippen LogP contribution < -0.4 is 10.7 Å². The molecule has 7 heteroatoms. The molecule has 26 heavy (non-hydrogen) atoms. The Balaban J connectivity index is 1.86. The standard InChI is InChI=1S/C19H16ClFN2O3/c20-15-8-17-13(7-16(15)21)18(25)14(9-22-17)19(26)23-12(10-24)6-11-4-2-1-3-5-11/h1-5,7-9,12,24H,6,10H2,(H,22,25)(H,23,26). The summed E-state index contributed by atoms with van der Waals surface area (Å²) in [6.07, 6.45) is 1.67. The molecule has 3 N–H and O–H groups in total. The van der Waals surface area contributed by atoms with Crippen molar-refractivity contribution in [3.63, 3.8) is 0 Å². The number of hydrogen-bond acceptors (Lipinski definition) is 3. The molecule has 5 nitrogen and oxygen atoms in total. The summed E-state index contributed by atoms with van der Waals surface area (Å²) in [4.78, 5) is 27.7. The third kappa shape index (κ3) is 3.76. The van der Waals surface area contributed by atoms with Crippen LogP contribution in [-0.2, 0) is 6.42 Å². The van der Waals surface area contributed by atoms with E-state index in [2.05, 4.69) is 10.3 Å². The summed E-state index contributed by atoms with van der Waals surface area (Å²) in [5.74, 6) is -1.38. The van der Waals surface area contributed by atoms with Crippen LogP contribution >= 0.6 is 11.6 Å². The van der Waals surface area contributed by atoms with Crippen molar-refractivity contribution in [2.75, 3.05) is 6.61 Å². The Labute approximate surface area is 153 Å². The lowest BCUT2D eigenvalue weighted by molar-refractivity contribution is 0.0915. The SMILES string of the molecule is O=C(NC(CO)Cc1ccccc1)c1c[nH]c2cc(Cl)c(F)cc2c1=O. The third-order valence-electron chi connectivity index (χ3n) is 4.05. The zero-order chi connectivity index (χ0) is 18.7. The molecule has 1 atom stereocenters.